The van der Waals surface area contributed by atoms with E-state index < -0.39 is 37.3 Å². The third-order valence-electron chi connectivity index (χ3n) is 3.82. The van der Waals surface area contributed by atoms with Gasteiger partial charge in [-0.05, 0) is 22.9 Å². The molecule has 1 saturated heterocycles. The van der Waals surface area contributed by atoms with Crippen molar-refractivity contribution >= 4 is 10.8 Å². The van der Waals surface area contributed by atoms with E-state index in [2.05, 4.69) is 0 Å². The number of fused-ring (bicyclic) bond motifs is 1. The molecule has 0 aliphatic carbocycles. The van der Waals surface area contributed by atoms with Crippen molar-refractivity contribution in [1.29, 1.82) is 0 Å². The van der Waals surface area contributed by atoms with Gasteiger partial charge in [-0.1, -0.05) is 30.3 Å². The summed E-state index contributed by atoms with van der Waals surface area (Å²) in [5.41, 5.74) is 0. The fourth-order valence-corrected chi connectivity index (χ4v) is 2.54. The first-order chi connectivity index (χ1) is 10.6. The van der Waals surface area contributed by atoms with Gasteiger partial charge in [-0.3, -0.25) is 0 Å². The summed E-state index contributed by atoms with van der Waals surface area (Å²) >= 11 is 0. The average molecular weight is 306 g/mol. The van der Waals surface area contributed by atoms with Crippen LogP contribution in [0.4, 0.5) is 0 Å². The van der Waals surface area contributed by atoms with Gasteiger partial charge in [0.2, 0.25) is 6.29 Å². The molecule has 0 spiro atoms. The number of ether oxygens (including phenoxy) is 2. The largest absolute Gasteiger partial charge is 0.462 e. The van der Waals surface area contributed by atoms with Crippen molar-refractivity contribution in [3.05, 3.63) is 42.5 Å². The number of benzene rings is 2. The Kier molecular flexibility index (Phi) is 4.28. The fraction of sp³-hybridized carbons (Fsp3) is 0.375. The van der Waals surface area contributed by atoms with Crippen molar-refractivity contribution in [3.8, 4) is 5.75 Å². The molecule has 0 radical (unpaired) electrons. The lowest BCUT2D eigenvalue weighted by Gasteiger charge is -2.39. The van der Waals surface area contributed by atoms with E-state index in [1.54, 1.807) is 12.1 Å². The molecule has 6 nitrogen and oxygen atoms in total. The van der Waals surface area contributed by atoms with Crippen LogP contribution in [0.2, 0.25) is 0 Å². The Morgan fingerprint density at radius 3 is 2.36 bits per heavy atom. The third kappa shape index (κ3) is 2.79. The second-order valence-corrected chi connectivity index (χ2v) is 5.32. The van der Waals surface area contributed by atoms with E-state index in [4.69, 9.17) is 14.6 Å². The Labute approximate surface area is 127 Å². The standard InChI is InChI=1S/C16H18O6/c17-8-12-13(18)14(19)15(20)16(22-12)21-11-6-5-9-3-1-2-4-10(9)7-11/h1-7,12-20H,8H2/t12-,13-,14+,15-,16-/m1/s1. The highest BCUT2D eigenvalue weighted by molar-refractivity contribution is 5.83. The molecule has 2 aromatic rings. The average Bonchev–Trinajstić information content (AvgIpc) is 2.55. The molecule has 0 amide bonds. The highest BCUT2D eigenvalue weighted by atomic mass is 16.7. The summed E-state index contributed by atoms with van der Waals surface area (Å²) in [5.74, 6) is 0.461. The third-order valence-corrected chi connectivity index (χ3v) is 3.82. The SMILES string of the molecule is OC[C@H]1O[C@@H](Oc2ccc3ccccc3c2)[C@H](O)[C@@H](O)[C@@H]1O. The molecule has 1 heterocycles. The normalized spacial score (nSPS) is 32.1. The number of aliphatic hydroxyl groups excluding tert-OH is 4. The Hall–Kier alpha value is -1.70. The second kappa shape index (κ2) is 6.20. The van der Waals surface area contributed by atoms with Crippen LogP contribution in [0.25, 0.3) is 10.8 Å². The van der Waals surface area contributed by atoms with Crippen LogP contribution < -0.4 is 4.74 Å². The van der Waals surface area contributed by atoms with Crippen molar-refractivity contribution in [3.63, 3.8) is 0 Å². The molecule has 5 atom stereocenters. The number of aliphatic hydroxyl groups is 4. The molecule has 4 N–H and O–H groups in total. The van der Waals surface area contributed by atoms with Crippen LogP contribution in [-0.2, 0) is 4.74 Å². The fourth-order valence-electron chi connectivity index (χ4n) is 2.54. The van der Waals surface area contributed by atoms with Gasteiger partial charge in [0.15, 0.2) is 0 Å². The maximum atomic E-state index is 9.95. The lowest BCUT2D eigenvalue weighted by atomic mass is 9.99. The topological polar surface area (TPSA) is 99.4 Å². The summed E-state index contributed by atoms with van der Waals surface area (Å²) in [5, 5.41) is 40.6. The molecule has 3 rings (SSSR count). The first-order valence-corrected chi connectivity index (χ1v) is 7.06. The van der Waals surface area contributed by atoms with E-state index in [9.17, 15) is 15.3 Å². The van der Waals surface area contributed by atoms with Gasteiger partial charge in [-0.25, -0.2) is 0 Å². The molecular weight excluding hydrogens is 288 g/mol. The van der Waals surface area contributed by atoms with E-state index in [-0.39, 0.29) is 0 Å². The van der Waals surface area contributed by atoms with E-state index in [0.29, 0.717) is 5.75 Å². The van der Waals surface area contributed by atoms with Gasteiger partial charge in [0.05, 0.1) is 6.61 Å². The first kappa shape index (κ1) is 15.2. The molecule has 1 aliphatic heterocycles. The van der Waals surface area contributed by atoms with Crippen molar-refractivity contribution in [2.45, 2.75) is 30.7 Å². The van der Waals surface area contributed by atoms with Crippen molar-refractivity contribution in [2.75, 3.05) is 6.61 Å². The summed E-state index contributed by atoms with van der Waals surface area (Å²) < 4.78 is 10.9. The number of hydrogen-bond acceptors (Lipinski definition) is 6. The van der Waals surface area contributed by atoms with Crippen LogP contribution >= 0.6 is 0 Å². The van der Waals surface area contributed by atoms with Crippen molar-refractivity contribution in [2.24, 2.45) is 0 Å². The summed E-state index contributed by atoms with van der Waals surface area (Å²) in [6.07, 6.45) is -6.40. The molecule has 0 unspecified atom stereocenters. The molecular formula is C16H18O6. The molecule has 1 aliphatic rings. The lowest BCUT2D eigenvalue weighted by Crippen LogP contribution is -2.60. The van der Waals surface area contributed by atoms with Crippen LogP contribution in [0.5, 0.6) is 5.75 Å². The predicted octanol–water partition coefficient (Wildman–Crippen LogP) is 0.0185. The molecule has 0 aromatic heterocycles. The molecule has 22 heavy (non-hydrogen) atoms. The second-order valence-electron chi connectivity index (χ2n) is 5.32. The molecule has 6 heteroatoms. The van der Waals surface area contributed by atoms with Gasteiger partial charge in [0, 0.05) is 0 Å². The number of hydrogen-bond donors (Lipinski definition) is 4. The zero-order valence-electron chi connectivity index (χ0n) is 11.7. The summed E-state index contributed by atoms with van der Waals surface area (Å²) in [7, 11) is 0. The lowest BCUT2D eigenvalue weighted by molar-refractivity contribution is -0.277. The smallest absolute Gasteiger partial charge is 0.229 e. The van der Waals surface area contributed by atoms with Crippen LogP contribution in [-0.4, -0.2) is 57.7 Å². The van der Waals surface area contributed by atoms with Gasteiger partial charge in [-0.2, -0.15) is 0 Å². The van der Waals surface area contributed by atoms with Gasteiger partial charge in [0.25, 0.3) is 0 Å². The van der Waals surface area contributed by atoms with E-state index >= 15 is 0 Å². The molecule has 118 valence electrons. The molecule has 0 bridgehead atoms. The monoisotopic (exact) mass is 306 g/mol. The van der Waals surface area contributed by atoms with Gasteiger partial charge in [0.1, 0.15) is 30.2 Å². The van der Waals surface area contributed by atoms with Crippen LogP contribution in [0.3, 0.4) is 0 Å². The van der Waals surface area contributed by atoms with Crippen LogP contribution in [0.1, 0.15) is 0 Å². The maximum absolute atomic E-state index is 9.95. The Balaban J connectivity index is 1.80. The minimum atomic E-state index is -1.45. The van der Waals surface area contributed by atoms with Gasteiger partial charge < -0.3 is 29.9 Å². The van der Waals surface area contributed by atoms with E-state index in [1.807, 2.05) is 30.3 Å². The van der Waals surface area contributed by atoms with E-state index in [1.165, 1.54) is 0 Å². The highest BCUT2D eigenvalue weighted by Crippen LogP contribution is 2.26. The molecule has 1 fully saturated rings. The van der Waals surface area contributed by atoms with Gasteiger partial charge >= 0.3 is 0 Å². The van der Waals surface area contributed by atoms with Crippen LogP contribution in [0, 0.1) is 0 Å². The van der Waals surface area contributed by atoms with Crippen molar-refractivity contribution in [1.82, 2.24) is 0 Å². The minimum Gasteiger partial charge on any atom is -0.462 e. The maximum Gasteiger partial charge on any atom is 0.229 e. The molecule has 2 aromatic carbocycles. The van der Waals surface area contributed by atoms with Gasteiger partial charge in [-0.15, -0.1) is 0 Å². The number of rotatable bonds is 3. The zero-order chi connectivity index (χ0) is 15.7. The molecule has 0 saturated carbocycles. The van der Waals surface area contributed by atoms with Crippen LogP contribution in [0.15, 0.2) is 42.5 Å². The minimum absolute atomic E-state index is 0.461. The summed E-state index contributed by atoms with van der Waals surface area (Å²) in [6.45, 7) is -0.484. The first-order valence-electron chi connectivity index (χ1n) is 7.06. The Morgan fingerprint density at radius 2 is 1.64 bits per heavy atom. The Morgan fingerprint density at radius 1 is 0.909 bits per heavy atom. The Bertz CT molecular complexity index is 643. The summed E-state index contributed by atoms with van der Waals surface area (Å²) in [6, 6.07) is 13.1. The summed E-state index contributed by atoms with van der Waals surface area (Å²) in [4.78, 5) is 0. The predicted molar refractivity (Wildman–Crippen MR) is 78.3 cm³/mol. The highest BCUT2D eigenvalue weighted by Gasteiger charge is 2.44. The quantitative estimate of drug-likeness (QED) is 0.638. The van der Waals surface area contributed by atoms with E-state index in [0.717, 1.165) is 10.8 Å². The van der Waals surface area contributed by atoms with Crippen molar-refractivity contribution < 1.29 is 29.9 Å². The zero-order valence-corrected chi connectivity index (χ0v) is 11.7.